The van der Waals surface area contributed by atoms with Gasteiger partial charge in [-0.25, -0.2) is 0 Å². The SMILES string of the molecule is CC/C=C\C/C=C\C/C=C\C/C=C\C/C=C\C/C=C\C/C=C\CCCCCCCC(=O)NC(COC1OC(CO)C(OC2OC(CO)C(O)C(O)C2O)C(O)C1O)C(O)/C=C/CC/C=C/CC/C=C/CCCCCCC. The first-order chi connectivity index (χ1) is 37.1. The standard InChI is InChI=1S/C62H101NO13/c1-3-5-7-9-11-13-15-17-19-20-21-22-23-24-25-26-27-28-29-30-32-34-36-38-40-42-44-46-54(67)63-50(51(66)45-43-41-39-37-35-33-31-18-16-14-12-10-8-6-4-2)49-73-61-59(72)57(70)60(53(48-65)75-61)76-62-58(71)56(69)55(68)52(47-64)74-62/h5,7,11,13,16-19,21-22,24-25,27-28,30,32,35,37,43,45,50-53,55-62,64-66,68-72H,3-4,6,8-10,12,14-15,20,23,26,29,31,33-34,36,38-42,44,46-49H2,1-2H3,(H,63,67)/b7-5-,13-11-,18-16+,19-17-,22-21-,25-24-,28-27-,32-30-,37-35+,45-43+. The van der Waals surface area contributed by atoms with Crippen LogP contribution in [-0.2, 0) is 23.7 Å². The van der Waals surface area contributed by atoms with Crippen LogP contribution in [0.15, 0.2) is 122 Å². The monoisotopic (exact) mass is 1070 g/mol. The number of carbonyl (C=O) groups is 1. The highest BCUT2D eigenvalue weighted by atomic mass is 16.7. The van der Waals surface area contributed by atoms with Crippen LogP contribution in [0.2, 0.25) is 0 Å². The summed E-state index contributed by atoms with van der Waals surface area (Å²) in [6.45, 7) is 2.60. The van der Waals surface area contributed by atoms with Gasteiger partial charge in [0.1, 0.15) is 48.8 Å². The van der Waals surface area contributed by atoms with Crippen LogP contribution in [0.25, 0.3) is 0 Å². The van der Waals surface area contributed by atoms with Crippen LogP contribution in [0.1, 0.15) is 168 Å². The molecule has 0 aromatic carbocycles. The molecule has 2 rings (SSSR count). The van der Waals surface area contributed by atoms with Crippen molar-refractivity contribution in [3.05, 3.63) is 122 Å². The van der Waals surface area contributed by atoms with Gasteiger partial charge in [0, 0.05) is 6.42 Å². The molecule has 0 aromatic rings. The molecule has 432 valence electrons. The van der Waals surface area contributed by atoms with E-state index in [2.05, 4.69) is 129 Å². The maximum absolute atomic E-state index is 13.2. The number of allylic oxidation sites excluding steroid dienone is 19. The molecule has 2 saturated heterocycles. The quantitative estimate of drug-likeness (QED) is 0.0205. The van der Waals surface area contributed by atoms with Gasteiger partial charge < -0.3 is 65.1 Å². The number of rotatable bonds is 43. The second-order valence-electron chi connectivity index (χ2n) is 19.7. The molecular weight excluding hydrogens is 967 g/mol. The lowest BCUT2D eigenvalue weighted by molar-refractivity contribution is -0.359. The van der Waals surface area contributed by atoms with Crippen LogP contribution < -0.4 is 5.32 Å². The van der Waals surface area contributed by atoms with E-state index in [1.807, 2.05) is 6.08 Å². The van der Waals surface area contributed by atoms with E-state index < -0.39 is 86.8 Å². The number of aliphatic hydroxyl groups is 8. The molecule has 0 aliphatic carbocycles. The first-order valence-corrected chi connectivity index (χ1v) is 28.8. The Hall–Kier alpha value is -3.61. The fourth-order valence-electron chi connectivity index (χ4n) is 8.48. The van der Waals surface area contributed by atoms with Crippen LogP contribution in [0.3, 0.4) is 0 Å². The van der Waals surface area contributed by atoms with E-state index in [-0.39, 0.29) is 18.9 Å². The Morgan fingerprint density at radius 1 is 0.487 bits per heavy atom. The number of aliphatic hydroxyl groups excluding tert-OH is 8. The summed E-state index contributed by atoms with van der Waals surface area (Å²) in [5, 5.41) is 86.9. The van der Waals surface area contributed by atoms with E-state index >= 15 is 0 Å². The largest absolute Gasteiger partial charge is 0.394 e. The van der Waals surface area contributed by atoms with Gasteiger partial charge in [0.2, 0.25) is 5.91 Å². The van der Waals surface area contributed by atoms with Gasteiger partial charge in [0.25, 0.3) is 0 Å². The number of hydrogen-bond acceptors (Lipinski definition) is 13. The molecule has 12 unspecified atom stereocenters. The molecule has 0 spiro atoms. The summed E-state index contributed by atoms with van der Waals surface area (Å²) in [5.41, 5.74) is 0. The second-order valence-corrected chi connectivity index (χ2v) is 19.7. The summed E-state index contributed by atoms with van der Waals surface area (Å²) >= 11 is 0. The highest BCUT2D eigenvalue weighted by Gasteiger charge is 2.51. The lowest BCUT2D eigenvalue weighted by Crippen LogP contribution is -2.65. The zero-order valence-electron chi connectivity index (χ0n) is 46.2. The molecule has 1 amide bonds. The highest BCUT2D eigenvalue weighted by molar-refractivity contribution is 5.76. The molecular formula is C62H101NO13. The van der Waals surface area contributed by atoms with Crippen molar-refractivity contribution in [1.29, 1.82) is 0 Å². The number of nitrogens with one attached hydrogen (secondary N) is 1. The van der Waals surface area contributed by atoms with Gasteiger partial charge in [-0.1, -0.05) is 180 Å². The lowest BCUT2D eigenvalue weighted by atomic mass is 9.97. The van der Waals surface area contributed by atoms with Gasteiger partial charge in [0.05, 0.1) is 32.0 Å². The Bertz CT molecular complexity index is 1730. The van der Waals surface area contributed by atoms with E-state index in [1.165, 1.54) is 32.1 Å². The zero-order chi connectivity index (χ0) is 55.3. The Morgan fingerprint density at radius 3 is 1.45 bits per heavy atom. The molecule has 14 nitrogen and oxygen atoms in total. The maximum atomic E-state index is 13.2. The van der Waals surface area contributed by atoms with Crippen LogP contribution in [0, 0.1) is 0 Å². The summed E-state index contributed by atoms with van der Waals surface area (Å²) in [4.78, 5) is 13.2. The molecule has 0 aromatic heterocycles. The minimum Gasteiger partial charge on any atom is -0.394 e. The lowest BCUT2D eigenvalue weighted by Gasteiger charge is -2.46. The third-order valence-corrected chi connectivity index (χ3v) is 13.1. The van der Waals surface area contributed by atoms with Gasteiger partial charge in [0.15, 0.2) is 12.6 Å². The van der Waals surface area contributed by atoms with Crippen molar-refractivity contribution < 1.29 is 64.6 Å². The number of ether oxygens (including phenoxy) is 4. The van der Waals surface area contributed by atoms with Gasteiger partial charge >= 0.3 is 0 Å². The fraction of sp³-hybridized carbons (Fsp3) is 0.661. The molecule has 2 heterocycles. The minimum absolute atomic E-state index is 0.239. The van der Waals surface area contributed by atoms with Crippen LogP contribution in [-0.4, -0.2) is 140 Å². The molecule has 9 N–H and O–H groups in total. The van der Waals surface area contributed by atoms with Crippen molar-refractivity contribution >= 4 is 5.91 Å². The average molecular weight is 1070 g/mol. The van der Waals surface area contributed by atoms with Gasteiger partial charge in [-0.3, -0.25) is 4.79 Å². The number of amides is 1. The van der Waals surface area contributed by atoms with E-state index in [4.69, 9.17) is 18.9 Å². The maximum Gasteiger partial charge on any atom is 0.220 e. The fourth-order valence-corrected chi connectivity index (χ4v) is 8.48. The number of carbonyl (C=O) groups excluding carboxylic acids is 1. The molecule has 0 bridgehead atoms. The molecule has 2 fully saturated rings. The smallest absolute Gasteiger partial charge is 0.220 e. The van der Waals surface area contributed by atoms with Crippen molar-refractivity contribution in [2.45, 2.75) is 242 Å². The molecule has 76 heavy (non-hydrogen) atoms. The molecule has 2 aliphatic heterocycles. The first-order valence-electron chi connectivity index (χ1n) is 28.8. The van der Waals surface area contributed by atoms with E-state index in [0.29, 0.717) is 12.8 Å². The van der Waals surface area contributed by atoms with Crippen molar-refractivity contribution in [1.82, 2.24) is 5.32 Å². The van der Waals surface area contributed by atoms with Gasteiger partial charge in [-0.05, 0) is 103 Å². The predicted octanol–water partition coefficient (Wildman–Crippen LogP) is 9.44. The Labute approximate surface area is 457 Å². The summed E-state index contributed by atoms with van der Waals surface area (Å²) < 4.78 is 22.7. The Morgan fingerprint density at radius 2 is 0.921 bits per heavy atom. The van der Waals surface area contributed by atoms with Crippen molar-refractivity contribution in [2.24, 2.45) is 0 Å². The second kappa shape index (κ2) is 46.3. The predicted molar refractivity (Wildman–Crippen MR) is 304 cm³/mol. The van der Waals surface area contributed by atoms with Gasteiger partial charge in [-0.2, -0.15) is 0 Å². The van der Waals surface area contributed by atoms with Crippen molar-refractivity contribution in [3.63, 3.8) is 0 Å². The van der Waals surface area contributed by atoms with E-state index in [0.717, 1.165) is 103 Å². The Kier molecular flexibility index (Phi) is 41.7. The highest BCUT2D eigenvalue weighted by Crippen LogP contribution is 2.30. The molecule has 0 saturated carbocycles. The van der Waals surface area contributed by atoms with Crippen molar-refractivity contribution in [3.8, 4) is 0 Å². The normalized spacial score (nSPS) is 25.8. The topological polar surface area (TPSA) is 228 Å². The summed E-state index contributed by atoms with van der Waals surface area (Å²) in [7, 11) is 0. The summed E-state index contributed by atoms with van der Waals surface area (Å²) in [5.74, 6) is -0.279. The van der Waals surface area contributed by atoms with Gasteiger partial charge in [-0.15, -0.1) is 0 Å². The average Bonchev–Trinajstić information content (AvgIpc) is 3.42. The van der Waals surface area contributed by atoms with Crippen molar-refractivity contribution in [2.75, 3.05) is 19.8 Å². The third kappa shape index (κ3) is 31.7. The van der Waals surface area contributed by atoms with Crippen LogP contribution in [0.4, 0.5) is 0 Å². The van der Waals surface area contributed by atoms with E-state index in [9.17, 15) is 45.6 Å². The minimum atomic E-state index is -1.80. The first kappa shape index (κ1) is 68.5. The molecule has 14 heteroatoms. The van der Waals surface area contributed by atoms with Crippen LogP contribution in [0.5, 0.6) is 0 Å². The molecule has 12 atom stereocenters. The number of hydrogen-bond donors (Lipinski definition) is 9. The Balaban J connectivity index is 1.79. The van der Waals surface area contributed by atoms with E-state index in [1.54, 1.807) is 6.08 Å². The summed E-state index contributed by atoms with van der Waals surface area (Å²) in [6, 6.07) is -0.957. The summed E-state index contributed by atoms with van der Waals surface area (Å²) in [6.07, 6.45) is 49.4. The third-order valence-electron chi connectivity index (χ3n) is 13.1. The number of unbranched alkanes of at least 4 members (excludes halogenated alkanes) is 12. The molecule has 2 aliphatic rings. The van der Waals surface area contributed by atoms with Crippen LogP contribution >= 0.6 is 0 Å². The molecule has 0 radical (unpaired) electrons. The zero-order valence-corrected chi connectivity index (χ0v) is 46.2.